The quantitative estimate of drug-likeness (QED) is 0.0569. The first-order valence-corrected chi connectivity index (χ1v) is 18.2. The summed E-state index contributed by atoms with van der Waals surface area (Å²) >= 11 is 0. The summed E-state index contributed by atoms with van der Waals surface area (Å²) in [6.45, 7) is 2.54. The average Bonchev–Trinajstić information content (AvgIpc) is 3.16. The fourth-order valence-electron chi connectivity index (χ4n) is 6.42. The number of nitrogens with one attached hydrogen (secondary N) is 2. The van der Waals surface area contributed by atoms with Crippen molar-refractivity contribution in [1.29, 1.82) is 0 Å². The summed E-state index contributed by atoms with van der Waals surface area (Å²) in [4.78, 5) is 27.2. The molecule has 0 aliphatic carbocycles. The number of nitrogens with two attached hydrogens (primary N) is 1. The van der Waals surface area contributed by atoms with E-state index in [0.717, 1.165) is 47.9 Å². The van der Waals surface area contributed by atoms with Gasteiger partial charge in [0.2, 0.25) is 11.8 Å². The molecule has 10 heteroatoms. The highest BCUT2D eigenvalue weighted by Gasteiger charge is 2.34. The molecule has 0 bridgehead atoms. The summed E-state index contributed by atoms with van der Waals surface area (Å²) in [5.41, 5.74) is 11.2. The Bertz CT molecular complexity index is 1720. The molecule has 10 nitrogen and oxygen atoms in total. The lowest BCUT2D eigenvalue weighted by molar-refractivity contribution is -0.253. The predicted molar refractivity (Wildman–Crippen MR) is 204 cm³/mol. The number of aliphatic hydroxyl groups excluding tert-OH is 2. The maximum Gasteiger partial charge on any atom is 0.224 e. The van der Waals surface area contributed by atoms with Crippen molar-refractivity contribution in [3.05, 3.63) is 125 Å². The zero-order valence-corrected chi connectivity index (χ0v) is 30.1. The normalized spacial score (nSPS) is 18.4. The van der Waals surface area contributed by atoms with Crippen molar-refractivity contribution in [2.75, 3.05) is 30.0 Å². The molecule has 1 aliphatic heterocycles. The molecule has 6 N–H and O–H groups in total. The van der Waals surface area contributed by atoms with Crippen LogP contribution in [0.1, 0.15) is 92.6 Å². The summed E-state index contributed by atoms with van der Waals surface area (Å²) in [7, 11) is 1.99. The van der Waals surface area contributed by atoms with Gasteiger partial charge in [-0.2, -0.15) is 0 Å². The molecule has 0 aromatic heterocycles. The van der Waals surface area contributed by atoms with Crippen LogP contribution in [-0.4, -0.2) is 52.7 Å². The number of hydrogen-bond acceptors (Lipinski definition) is 8. The fourth-order valence-corrected chi connectivity index (χ4v) is 6.42. The highest BCUT2D eigenvalue weighted by atomic mass is 16.7. The van der Waals surface area contributed by atoms with E-state index in [1.54, 1.807) is 12.1 Å². The number of ether oxygens (including phenoxy) is 2. The van der Waals surface area contributed by atoms with Gasteiger partial charge in [0, 0.05) is 43.1 Å². The Balaban J connectivity index is 1.15. The van der Waals surface area contributed by atoms with Gasteiger partial charge in [-0.25, -0.2) is 0 Å². The Morgan fingerprint density at radius 1 is 0.827 bits per heavy atom. The van der Waals surface area contributed by atoms with Gasteiger partial charge in [-0.15, -0.1) is 0 Å². The molecule has 1 fully saturated rings. The van der Waals surface area contributed by atoms with Crippen molar-refractivity contribution in [2.24, 2.45) is 0 Å². The molecule has 4 aromatic carbocycles. The maximum atomic E-state index is 12.9. The van der Waals surface area contributed by atoms with Crippen LogP contribution in [0.15, 0.2) is 103 Å². The standard InChI is InChI=1S/C42H52N4O6/c1-29(41(50)32-13-6-5-7-14-32)46(2)27-35-26-38(31-23-21-30(28-47)22-24-31)52-42(51-35)33-15-12-16-34(25-33)44-39(48)19-8-3-4-9-20-40(49)45-37-18-11-10-17-36(37)43/h5-7,10-18,21-25,29,35,38,41-42,47,50H,3-4,8-9,19-20,26-28,43H2,1-2H3,(H,44,48)(H,45,49)/t29-,35+,38-,41-,42-/m0/s1. The van der Waals surface area contributed by atoms with Crippen molar-refractivity contribution in [3.8, 4) is 0 Å². The van der Waals surface area contributed by atoms with Crippen molar-refractivity contribution in [1.82, 2.24) is 4.90 Å². The number of unbranched alkanes of at least 4 members (excludes halogenated alkanes) is 3. The number of para-hydroxylation sites is 2. The van der Waals surface area contributed by atoms with Gasteiger partial charge in [-0.1, -0.05) is 91.7 Å². The van der Waals surface area contributed by atoms with Crippen LogP contribution in [0.3, 0.4) is 0 Å². The SMILES string of the molecule is C[C@@H]([C@H](O)c1ccccc1)N(C)C[C@H]1C[C@@H](c2ccc(CO)cc2)O[C@@H](c2cccc(NC(=O)CCCCCCC(=O)Nc3ccccc3N)c2)O1. The van der Waals surface area contributed by atoms with Gasteiger partial charge < -0.3 is 36.1 Å². The number of hydrogen-bond donors (Lipinski definition) is 5. The third-order valence-corrected chi connectivity index (χ3v) is 9.63. The van der Waals surface area contributed by atoms with Crippen LogP contribution < -0.4 is 16.4 Å². The maximum absolute atomic E-state index is 12.9. The highest BCUT2D eigenvalue weighted by molar-refractivity contribution is 5.93. The minimum atomic E-state index is -0.684. The van der Waals surface area contributed by atoms with E-state index in [0.29, 0.717) is 42.9 Å². The Hall–Kier alpha value is -4.58. The van der Waals surface area contributed by atoms with E-state index in [1.165, 1.54) is 0 Å². The number of nitrogen functional groups attached to an aromatic ring is 1. The molecule has 0 saturated carbocycles. The third kappa shape index (κ3) is 11.2. The van der Waals surface area contributed by atoms with Gasteiger partial charge in [0.05, 0.1) is 36.3 Å². The van der Waals surface area contributed by atoms with Crippen LogP contribution in [0.2, 0.25) is 0 Å². The summed E-state index contributed by atoms with van der Waals surface area (Å²) in [6.07, 6.45) is 2.72. The van der Waals surface area contributed by atoms with Crippen molar-refractivity contribution < 1.29 is 29.3 Å². The zero-order chi connectivity index (χ0) is 36.9. The number of nitrogens with zero attached hydrogens (tertiary/aromatic N) is 1. The van der Waals surface area contributed by atoms with E-state index in [9.17, 15) is 19.8 Å². The van der Waals surface area contributed by atoms with Crippen LogP contribution in [-0.2, 0) is 25.7 Å². The summed E-state index contributed by atoms with van der Waals surface area (Å²) in [6, 6.07) is 32.0. The lowest BCUT2D eigenvalue weighted by Gasteiger charge is -2.39. The second-order valence-electron chi connectivity index (χ2n) is 13.6. The van der Waals surface area contributed by atoms with E-state index < -0.39 is 12.4 Å². The number of aliphatic hydroxyl groups is 2. The average molecular weight is 709 g/mol. The largest absolute Gasteiger partial charge is 0.397 e. The van der Waals surface area contributed by atoms with Gasteiger partial charge in [0.25, 0.3) is 0 Å². The number of amides is 2. The first-order chi connectivity index (χ1) is 25.2. The van der Waals surface area contributed by atoms with Crippen molar-refractivity contribution in [2.45, 2.75) is 89.1 Å². The molecular formula is C42H52N4O6. The number of rotatable bonds is 17. The first-order valence-electron chi connectivity index (χ1n) is 18.2. The molecule has 5 rings (SSSR count). The molecule has 0 spiro atoms. The summed E-state index contributed by atoms with van der Waals surface area (Å²) < 4.78 is 13.1. The molecule has 5 atom stereocenters. The van der Waals surface area contributed by atoms with E-state index in [4.69, 9.17) is 15.2 Å². The smallest absolute Gasteiger partial charge is 0.224 e. The number of anilines is 3. The topological polar surface area (TPSA) is 146 Å². The van der Waals surface area contributed by atoms with Gasteiger partial charge in [0.1, 0.15) is 0 Å². The number of benzene rings is 4. The second-order valence-corrected chi connectivity index (χ2v) is 13.6. The number of carbonyl (C=O) groups excluding carboxylic acids is 2. The second kappa shape index (κ2) is 19.3. The van der Waals surface area contributed by atoms with Gasteiger partial charge in [-0.05, 0) is 67.8 Å². The van der Waals surface area contributed by atoms with Crippen molar-refractivity contribution in [3.63, 3.8) is 0 Å². The van der Waals surface area contributed by atoms with Gasteiger partial charge >= 0.3 is 0 Å². The molecule has 2 amide bonds. The molecule has 1 saturated heterocycles. The van der Waals surface area contributed by atoms with Crippen molar-refractivity contribution >= 4 is 28.9 Å². The van der Waals surface area contributed by atoms with E-state index in [2.05, 4.69) is 15.5 Å². The molecule has 276 valence electrons. The minimum absolute atomic E-state index is 0.0325. The monoisotopic (exact) mass is 708 g/mol. The van der Waals surface area contributed by atoms with E-state index in [1.807, 2.05) is 105 Å². The number of likely N-dealkylation sites (N-methyl/N-ethyl adjacent to an activating group) is 1. The van der Waals surface area contributed by atoms with Crippen LogP contribution in [0.25, 0.3) is 0 Å². The van der Waals surface area contributed by atoms with Crippen LogP contribution in [0, 0.1) is 0 Å². The van der Waals surface area contributed by atoms with E-state index >= 15 is 0 Å². The first kappa shape index (κ1) is 38.6. The Kier molecular flexibility index (Phi) is 14.4. The minimum Gasteiger partial charge on any atom is -0.397 e. The summed E-state index contributed by atoms with van der Waals surface area (Å²) in [5, 5.41) is 26.5. The Labute approximate surface area is 307 Å². The molecule has 0 radical (unpaired) electrons. The lowest BCUT2D eigenvalue weighted by Crippen LogP contribution is -2.43. The third-order valence-electron chi connectivity index (χ3n) is 9.63. The zero-order valence-electron chi connectivity index (χ0n) is 30.1. The van der Waals surface area contributed by atoms with Gasteiger partial charge in [-0.3, -0.25) is 14.5 Å². The molecular weight excluding hydrogens is 656 g/mol. The number of carbonyl (C=O) groups is 2. The van der Waals surface area contributed by atoms with Gasteiger partial charge in [0.15, 0.2) is 6.29 Å². The summed E-state index contributed by atoms with van der Waals surface area (Å²) in [5.74, 6) is -0.144. The van der Waals surface area contributed by atoms with Crippen LogP contribution in [0.5, 0.6) is 0 Å². The van der Waals surface area contributed by atoms with Crippen LogP contribution >= 0.6 is 0 Å². The molecule has 1 heterocycles. The molecule has 52 heavy (non-hydrogen) atoms. The predicted octanol–water partition coefficient (Wildman–Crippen LogP) is 7.28. The molecule has 0 unspecified atom stereocenters. The lowest BCUT2D eigenvalue weighted by atomic mass is 9.98. The highest BCUT2D eigenvalue weighted by Crippen LogP contribution is 2.39. The Morgan fingerprint density at radius 3 is 2.19 bits per heavy atom. The van der Waals surface area contributed by atoms with Crippen LogP contribution in [0.4, 0.5) is 17.1 Å². The molecule has 4 aromatic rings. The molecule has 1 aliphatic rings. The fraction of sp³-hybridized carbons (Fsp3) is 0.381. The Morgan fingerprint density at radius 2 is 1.50 bits per heavy atom. The van der Waals surface area contributed by atoms with E-state index in [-0.39, 0.29) is 36.7 Å².